The number of hydrogen-bond acceptors (Lipinski definition) is 6. The first-order chi connectivity index (χ1) is 17.1. The zero-order valence-corrected chi connectivity index (χ0v) is 20.7. The predicted octanol–water partition coefficient (Wildman–Crippen LogP) is 5.07. The summed E-state index contributed by atoms with van der Waals surface area (Å²) in [6, 6.07) is 10.2. The number of hydrogen-bond donors (Lipinski definition) is 0. The number of nitro groups is 1. The van der Waals surface area contributed by atoms with Crippen LogP contribution in [0.2, 0.25) is 0 Å². The average molecular weight is 496 g/mol. The first-order valence-corrected chi connectivity index (χ1v) is 12.3. The van der Waals surface area contributed by atoms with E-state index < -0.39 is 10.5 Å². The minimum atomic E-state index is -0.557. The first-order valence-electron chi connectivity index (χ1n) is 12.3. The van der Waals surface area contributed by atoms with Crippen LogP contribution < -0.4 is 4.90 Å². The van der Waals surface area contributed by atoms with Gasteiger partial charge in [-0.05, 0) is 45.2 Å². The van der Waals surface area contributed by atoms with E-state index in [-0.39, 0.29) is 17.6 Å². The number of carbonyl (C=O) groups excluding carboxylic acids is 1. The van der Waals surface area contributed by atoms with Crippen LogP contribution in [0.1, 0.15) is 51.0 Å². The summed E-state index contributed by atoms with van der Waals surface area (Å²) in [7, 11) is 0. The Bertz CT molecular complexity index is 1300. The van der Waals surface area contributed by atoms with Crippen molar-refractivity contribution < 1.29 is 18.8 Å². The summed E-state index contributed by atoms with van der Waals surface area (Å²) in [5.41, 5.74) is 2.41. The van der Waals surface area contributed by atoms with Gasteiger partial charge in [-0.15, -0.1) is 0 Å². The van der Waals surface area contributed by atoms with Crippen molar-refractivity contribution in [1.82, 2.24) is 14.5 Å². The lowest BCUT2D eigenvalue weighted by Gasteiger charge is -2.36. The molecule has 2 heterocycles. The van der Waals surface area contributed by atoms with E-state index in [0.717, 1.165) is 29.7 Å². The SMILES string of the molecule is CC(C)(C)OC(=O)N1CCN(c2cc3c(cc2F)nc(Cc2ccc([N+](=O)[O-])cc2)n3C2CC2)CC1. The molecular formula is C26H30FN5O4. The highest BCUT2D eigenvalue weighted by molar-refractivity contribution is 5.81. The lowest BCUT2D eigenvalue weighted by Crippen LogP contribution is -2.50. The van der Waals surface area contributed by atoms with Crippen molar-refractivity contribution in [2.45, 2.75) is 51.7 Å². The second-order valence-electron chi connectivity index (χ2n) is 10.5. The lowest BCUT2D eigenvalue weighted by atomic mass is 10.1. The predicted molar refractivity (Wildman–Crippen MR) is 134 cm³/mol. The number of piperazine rings is 1. The maximum absolute atomic E-state index is 15.2. The van der Waals surface area contributed by atoms with E-state index >= 15 is 4.39 Å². The number of anilines is 1. The van der Waals surface area contributed by atoms with Gasteiger partial charge in [0.25, 0.3) is 5.69 Å². The first kappa shape index (κ1) is 24.0. The number of nitro benzene ring substituents is 1. The van der Waals surface area contributed by atoms with Crippen molar-refractivity contribution in [1.29, 1.82) is 0 Å². The molecule has 36 heavy (non-hydrogen) atoms. The molecule has 10 heteroatoms. The molecule has 1 aliphatic carbocycles. The second kappa shape index (κ2) is 9.07. The summed E-state index contributed by atoms with van der Waals surface area (Å²) < 4.78 is 22.9. The van der Waals surface area contributed by atoms with Gasteiger partial charge in [0.2, 0.25) is 0 Å². The topological polar surface area (TPSA) is 93.7 Å². The van der Waals surface area contributed by atoms with E-state index in [4.69, 9.17) is 9.72 Å². The van der Waals surface area contributed by atoms with E-state index in [1.807, 2.05) is 31.7 Å². The lowest BCUT2D eigenvalue weighted by molar-refractivity contribution is -0.384. The summed E-state index contributed by atoms with van der Waals surface area (Å²) in [5, 5.41) is 11.0. The molecule has 2 fully saturated rings. The summed E-state index contributed by atoms with van der Waals surface area (Å²) in [5.74, 6) is 0.489. The van der Waals surface area contributed by atoms with Crippen molar-refractivity contribution in [3.8, 4) is 0 Å². The Kier molecular flexibility index (Phi) is 6.05. The van der Waals surface area contributed by atoms with Crippen LogP contribution in [0, 0.1) is 15.9 Å². The van der Waals surface area contributed by atoms with E-state index in [2.05, 4.69) is 4.57 Å². The molecule has 1 saturated heterocycles. The Labute approximate surface area is 208 Å². The van der Waals surface area contributed by atoms with Crippen molar-refractivity contribution in [2.24, 2.45) is 0 Å². The zero-order valence-electron chi connectivity index (χ0n) is 20.7. The molecular weight excluding hydrogens is 465 g/mol. The van der Waals surface area contributed by atoms with Gasteiger partial charge in [0, 0.05) is 56.8 Å². The van der Waals surface area contributed by atoms with Gasteiger partial charge in [0.15, 0.2) is 0 Å². The normalized spacial score (nSPS) is 16.4. The number of benzene rings is 2. The maximum Gasteiger partial charge on any atom is 0.410 e. The van der Waals surface area contributed by atoms with E-state index in [1.165, 1.54) is 18.2 Å². The Hall–Kier alpha value is -3.69. The van der Waals surface area contributed by atoms with Gasteiger partial charge < -0.3 is 19.1 Å². The molecule has 3 aromatic rings. The number of fused-ring (bicyclic) bond motifs is 1. The average Bonchev–Trinajstić information content (AvgIpc) is 3.59. The van der Waals surface area contributed by atoms with Crippen LogP contribution in [0.4, 0.5) is 20.6 Å². The quantitative estimate of drug-likeness (QED) is 0.363. The molecule has 0 radical (unpaired) electrons. The van der Waals surface area contributed by atoms with Crippen LogP contribution in [-0.2, 0) is 11.2 Å². The molecule has 2 aliphatic rings. The molecule has 2 aromatic carbocycles. The second-order valence-corrected chi connectivity index (χ2v) is 10.5. The smallest absolute Gasteiger partial charge is 0.410 e. The third-order valence-corrected chi connectivity index (χ3v) is 6.52. The van der Waals surface area contributed by atoms with Crippen molar-refractivity contribution in [3.63, 3.8) is 0 Å². The van der Waals surface area contributed by atoms with Crippen LogP contribution >= 0.6 is 0 Å². The number of aromatic nitrogens is 2. The van der Waals surface area contributed by atoms with Crippen molar-refractivity contribution in [3.05, 3.63) is 63.7 Å². The summed E-state index contributed by atoms with van der Waals surface area (Å²) in [6.07, 6.45) is 2.25. The molecule has 0 N–H and O–H groups in total. The van der Waals surface area contributed by atoms with Crippen LogP contribution in [0.15, 0.2) is 36.4 Å². The fourth-order valence-electron chi connectivity index (χ4n) is 4.64. The molecule has 9 nitrogen and oxygen atoms in total. The van der Waals surface area contributed by atoms with Crippen LogP contribution in [0.3, 0.4) is 0 Å². The van der Waals surface area contributed by atoms with Crippen molar-refractivity contribution >= 4 is 28.5 Å². The van der Waals surface area contributed by atoms with E-state index in [0.29, 0.717) is 49.8 Å². The monoisotopic (exact) mass is 495 g/mol. The molecule has 1 amide bonds. The fraction of sp³-hybridized carbons (Fsp3) is 0.462. The van der Waals surface area contributed by atoms with Gasteiger partial charge in [-0.3, -0.25) is 10.1 Å². The summed E-state index contributed by atoms with van der Waals surface area (Å²) in [6.45, 7) is 7.45. The molecule has 1 aliphatic heterocycles. The molecule has 0 atom stereocenters. The highest BCUT2D eigenvalue weighted by atomic mass is 19.1. The summed E-state index contributed by atoms with van der Waals surface area (Å²) >= 11 is 0. The van der Waals surface area contributed by atoms with Crippen LogP contribution in [0.5, 0.6) is 0 Å². The number of amides is 1. The molecule has 0 bridgehead atoms. The van der Waals surface area contributed by atoms with Gasteiger partial charge in [-0.1, -0.05) is 12.1 Å². The highest BCUT2D eigenvalue weighted by Gasteiger charge is 2.31. The standard InChI is InChI=1S/C26H30FN5O4/c1-26(2,3)36-25(33)30-12-10-29(11-13-30)22-16-23-21(15-20(22)27)28-24(31(23)18-8-9-18)14-17-4-6-19(7-5-17)32(34)35/h4-7,15-16,18H,8-14H2,1-3H3. The van der Waals surface area contributed by atoms with Gasteiger partial charge in [-0.25, -0.2) is 14.2 Å². The highest BCUT2D eigenvalue weighted by Crippen LogP contribution is 2.40. The molecule has 190 valence electrons. The minimum Gasteiger partial charge on any atom is -0.444 e. The minimum absolute atomic E-state index is 0.0490. The molecule has 1 aromatic heterocycles. The Balaban J connectivity index is 1.38. The number of non-ortho nitro benzene ring substituents is 1. The van der Waals surface area contributed by atoms with Gasteiger partial charge in [0.05, 0.1) is 21.6 Å². The van der Waals surface area contributed by atoms with Crippen LogP contribution in [0.25, 0.3) is 11.0 Å². The van der Waals surface area contributed by atoms with Gasteiger partial charge in [-0.2, -0.15) is 0 Å². The largest absolute Gasteiger partial charge is 0.444 e. The number of rotatable bonds is 5. The summed E-state index contributed by atoms with van der Waals surface area (Å²) in [4.78, 5) is 31.3. The number of nitrogens with zero attached hydrogens (tertiary/aromatic N) is 5. The van der Waals surface area contributed by atoms with Crippen LogP contribution in [-0.4, -0.2) is 57.2 Å². The molecule has 0 unspecified atom stereocenters. The fourth-order valence-corrected chi connectivity index (χ4v) is 4.64. The van der Waals surface area contributed by atoms with E-state index in [1.54, 1.807) is 17.0 Å². The third-order valence-electron chi connectivity index (χ3n) is 6.52. The third kappa shape index (κ3) is 4.98. The van der Waals surface area contributed by atoms with Gasteiger partial charge >= 0.3 is 6.09 Å². The number of ether oxygens (including phenoxy) is 1. The Morgan fingerprint density at radius 2 is 1.81 bits per heavy atom. The maximum atomic E-state index is 15.2. The molecule has 5 rings (SSSR count). The number of carbonyl (C=O) groups is 1. The number of halogens is 1. The Morgan fingerprint density at radius 3 is 2.39 bits per heavy atom. The number of imidazole rings is 1. The van der Waals surface area contributed by atoms with E-state index in [9.17, 15) is 14.9 Å². The molecule has 1 saturated carbocycles. The van der Waals surface area contributed by atoms with Gasteiger partial charge in [0.1, 0.15) is 17.2 Å². The van der Waals surface area contributed by atoms with Crippen molar-refractivity contribution in [2.75, 3.05) is 31.1 Å². The zero-order chi connectivity index (χ0) is 25.6. The Morgan fingerprint density at radius 1 is 1.14 bits per heavy atom. The molecule has 0 spiro atoms.